The maximum Gasteiger partial charge on any atom is 0.235 e. The molecular weight excluding hydrogens is 516 g/mol. The molecule has 2 N–H and O–H groups in total. The van der Waals surface area contributed by atoms with Crippen molar-refractivity contribution in [2.75, 3.05) is 0 Å². The number of hydrogen-bond donors (Lipinski definition) is 2. The van der Waals surface area contributed by atoms with E-state index < -0.39 is 28.5 Å². The minimum absolute atomic E-state index is 0.0248. The molecule has 1 aromatic carbocycles. The number of fused-ring (bicyclic) bond motifs is 3. The van der Waals surface area contributed by atoms with Crippen LogP contribution in [-0.2, 0) is 23.9 Å². The first-order valence-corrected chi connectivity index (χ1v) is 15.1. The van der Waals surface area contributed by atoms with E-state index in [4.69, 9.17) is 4.74 Å². The first-order valence-electron chi connectivity index (χ1n) is 15.1. The molecule has 3 heterocycles. The van der Waals surface area contributed by atoms with Gasteiger partial charge in [-0.2, -0.15) is 0 Å². The zero-order valence-corrected chi connectivity index (χ0v) is 24.5. The predicted molar refractivity (Wildman–Crippen MR) is 156 cm³/mol. The summed E-state index contributed by atoms with van der Waals surface area (Å²) in [5.74, 6) is -2.52. The SMILES string of the molecule is CC[C@H]1[C@H]2[C@H]([C@H](C)c3c[nH]c4ccccc34)NC(=O)[C@]23C(=O)CCC(=O)C(=O)/C(C)=C\[C@@H](C)C/C=C/[C@H]3[C@@H]2O[C@]12C. The molecule has 2 saturated heterocycles. The number of carbonyl (C=O) groups excluding carboxylic acids is 4. The lowest BCUT2D eigenvalue weighted by Gasteiger charge is -2.47. The number of amides is 1. The average molecular weight is 557 g/mol. The molecule has 1 saturated carbocycles. The number of hydrogen-bond acceptors (Lipinski definition) is 5. The number of carbonyl (C=O) groups is 4. The van der Waals surface area contributed by atoms with Gasteiger partial charge in [-0.3, -0.25) is 19.2 Å². The van der Waals surface area contributed by atoms with Crippen molar-refractivity contribution in [3.8, 4) is 0 Å². The maximum absolute atomic E-state index is 14.5. The first-order chi connectivity index (χ1) is 19.5. The van der Waals surface area contributed by atoms with Crippen molar-refractivity contribution in [3.63, 3.8) is 0 Å². The van der Waals surface area contributed by atoms with E-state index in [2.05, 4.69) is 37.1 Å². The Bertz CT molecular complexity index is 1500. The lowest BCUT2D eigenvalue weighted by atomic mass is 9.50. The monoisotopic (exact) mass is 556 g/mol. The van der Waals surface area contributed by atoms with Gasteiger partial charge in [0.25, 0.3) is 0 Å². The largest absolute Gasteiger partial charge is 0.365 e. The summed E-state index contributed by atoms with van der Waals surface area (Å²) in [5.41, 5.74) is 0.728. The Balaban J connectivity index is 1.48. The van der Waals surface area contributed by atoms with Crippen molar-refractivity contribution in [2.45, 2.75) is 84.0 Å². The van der Waals surface area contributed by atoms with Crippen LogP contribution >= 0.6 is 0 Å². The molecule has 2 aliphatic heterocycles. The molecule has 7 heteroatoms. The molecule has 1 spiro atoms. The Labute approximate surface area is 241 Å². The van der Waals surface area contributed by atoms with Gasteiger partial charge in [0.15, 0.2) is 0 Å². The Hall–Kier alpha value is -3.32. The smallest absolute Gasteiger partial charge is 0.235 e. The summed E-state index contributed by atoms with van der Waals surface area (Å²) < 4.78 is 6.46. The standard InChI is InChI=1S/C34H40N2O5/c1-6-23-28-29(20(4)22-17-35-25-13-8-7-11-21(22)25)36-32(40)34(28)24(31-33(23,5)41-31)12-9-10-18(2)16-19(3)30(39)26(37)14-15-27(34)38/h7-9,11-13,16-18,20,23-24,28-29,31,35H,6,10,14-15H2,1-5H3,(H,36,40)/b12-9+,19-16-/t18-,20+,23-,24-,28-,29-,31-,33+,34+/m0/s1. The highest BCUT2D eigenvalue weighted by Crippen LogP contribution is 2.67. The average Bonchev–Trinajstić information content (AvgIpc) is 3.31. The van der Waals surface area contributed by atoms with Crippen LogP contribution in [0.1, 0.15) is 71.8 Å². The van der Waals surface area contributed by atoms with Gasteiger partial charge in [0, 0.05) is 53.7 Å². The fourth-order valence-corrected chi connectivity index (χ4v) is 8.59. The van der Waals surface area contributed by atoms with E-state index in [0.717, 1.165) is 22.9 Å². The zero-order chi connectivity index (χ0) is 29.3. The number of para-hydroxylation sites is 1. The fourth-order valence-electron chi connectivity index (χ4n) is 8.59. The summed E-state index contributed by atoms with van der Waals surface area (Å²) in [5, 5.41) is 4.43. The van der Waals surface area contributed by atoms with Crippen LogP contribution in [0.4, 0.5) is 0 Å². The quantitative estimate of drug-likeness (QED) is 0.233. The number of epoxide rings is 1. The minimum Gasteiger partial charge on any atom is -0.365 e. The van der Waals surface area contributed by atoms with Crippen LogP contribution in [-0.4, -0.2) is 46.0 Å². The first kappa shape index (κ1) is 27.8. The Kier molecular flexibility index (Phi) is 6.72. The molecule has 0 unspecified atom stereocenters. The van der Waals surface area contributed by atoms with E-state index in [1.807, 2.05) is 49.5 Å². The van der Waals surface area contributed by atoms with Crippen molar-refractivity contribution in [3.05, 3.63) is 59.8 Å². The van der Waals surface area contributed by atoms with Crippen molar-refractivity contribution in [1.82, 2.24) is 10.3 Å². The van der Waals surface area contributed by atoms with Crippen LogP contribution < -0.4 is 5.32 Å². The molecule has 7 nitrogen and oxygen atoms in total. The molecule has 2 aliphatic carbocycles. The van der Waals surface area contributed by atoms with Crippen LogP contribution in [0, 0.1) is 29.1 Å². The third-order valence-electron chi connectivity index (χ3n) is 10.6. The van der Waals surface area contributed by atoms with Crippen LogP contribution in [0.25, 0.3) is 10.9 Å². The summed E-state index contributed by atoms with van der Waals surface area (Å²) in [6.07, 6.45) is 8.70. The van der Waals surface area contributed by atoms with Gasteiger partial charge in [-0.1, -0.05) is 63.6 Å². The van der Waals surface area contributed by atoms with Gasteiger partial charge in [0.2, 0.25) is 17.5 Å². The highest BCUT2D eigenvalue weighted by Gasteiger charge is 2.79. The number of Topliss-reactive ketones (excluding diaryl/α,β-unsaturated/α-hetero) is 3. The molecule has 216 valence electrons. The van der Waals surface area contributed by atoms with E-state index in [1.165, 1.54) is 0 Å². The Morgan fingerprint density at radius 2 is 1.88 bits per heavy atom. The molecule has 0 radical (unpaired) electrons. The van der Waals surface area contributed by atoms with Gasteiger partial charge < -0.3 is 15.0 Å². The molecule has 1 amide bonds. The molecule has 1 aromatic heterocycles. The van der Waals surface area contributed by atoms with Crippen molar-refractivity contribution < 1.29 is 23.9 Å². The molecule has 4 aliphatic rings. The fraction of sp³-hybridized carbons (Fsp3) is 0.529. The van der Waals surface area contributed by atoms with Crippen LogP contribution in [0.3, 0.4) is 0 Å². The van der Waals surface area contributed by atoms with Gasteiger partial charge in [0.05, 0.1) is 11.7 Å². The molecular formula is C34H40N2O5. The number of rotatable bonds is 3. The number of ketones is 3. The highest BCUT2D eigenvalue weighted by molar-refractivity contribution is 6.43. The number of ether oxygens (including phenoxy) is 1. The second-order valence-corrected chi connectivity index (χ2v) is 12.9. The predicted octanol–water partition coefficient (Wildman–Crippen LogP) is 5.22. The van der Waals surface area contributed by atoms with Gasteiger partial charge in [0.1, 0.15) is 11.2 Å². The normalized spacial score (nSPS) is 40.2. The van der Waals surface area contributed by atoms with Crippen LogP contribution in [0.2, 0.25) is 0 Å². The van der Waals surface area contributed by atoms with Gasteiger partial charge in [-0.05, 0) is 49.3 Å². The topological polar surface area (TPSA) is 109 Å². The van der Waals surface area contributed by atoms with Gasteiger partial charge in [-0.15, -0.1) is 0 Å². The molecule has 0 bridgehead atoms. The zero-order valence-electron chi connectivity index (χ0n) is 24.5. The molecule has 6 rings (SSSR count). The number of benzene rings is 1. The molecule has 41 heavy (non-hydrogen) atoms. The lowest BCUT2D eigenvalue weighted by Crippen LogP contribution is -2.59. The van der Waals surface area contributed by atoms with E-state index in [0.29, 0.717) is 12.0 Å². The van der Waals surface area contributed by atoms with Crippen molar-refractivity contribution >= 4 is 34.2 Å². The van der Waals surface area contributed by atoms with E-state index in [1.54, 1.807) is 6.92 Å². The van der Waals surface area contributed by atoms with E-state index in [9.17, 15) is 19.2 Å². The third kappa shape index (κ3) is 4.03. The highest BCUT2D eigenvalue weighted by atomic mass is 16.6. The minimum atomic E-state index is -1.37. The number of nitrogens with one attached hydrogen (secondary N) is 2. The van der Waals surface area contributed by atoms with Crippen molar-refractivity contribution in [2.24, 2.45) is 29.1 Å². The number of aromatic nitrogens is 1. The number of aromatic amines is 1. The maximum atomic E-state index is 14.5. The Morgan fingerprint density at radius 1 is 1.12 bits per heavy atom. The molecule has 2 aromatic rings. The second-order valence-electron chi connectivity index (χ2n) is 12.9. The molecule has 3 fully saturated rings. The molecule has 9 atom stereocenters. The van der Waals surface area contributed by atoms with E-state index >= 15 is 0 Å². The van der Waals surface area contributed by atoms with Gasteiger partial charge >= 0.3 is 0 Å². The van der Waals surface area contributed by atoms with Crippen molar-refractivity contribution in [1.29, 1.82) is 0 Å². The number of allylic oxidation sites excluding steroid dienone is 3. The third-order valence-corrected chi connectivity index (χ3v) is 10.6. The summed E-state index contributed by atoms with van der Waals surface area (Å²) >= 11 is 0. The van der Waals surface area contributed by atoms with E-state index in [-0.39, 0.29) is 60.3 Å². The van der Waals surface area contributed by atoms with Gasteiger partial charge in [-0.25, -0.2) is 0 Å². The lowest BCUT2D eigenvalue weighted by molar-refractivity contribution is -0.149. The second kappa shape index (κ2) is 9.90. The number of H-pyrrole nitrogens is 1. The summed E-state index contributed by atoms with van der Waals surface area (Å²) in [7, 11) is 0. The summed E-state index contributed by atoms with van der Waals surface area (Å²) in [6, 6.07) is 7.82. The Morgan fingerprint density at radius 3 is 2.63 bits per heavy atom. The van der Waals surface area contributed by atoms with Crippen LogP contribution in [0.15, 0.2) is 54.3 Å². The summed E-state index contributed by atoms with van der Waals surface area (Å²) in [4.78, 5) is 58.0. The van der Waals surface area contributed by atoms with Crippen LogP contribution in [0.5, 0.6) is 0 Å². The summed E-state index contributed by atoms with van der Waals surface area (Å²) in [6.45, 7) is 10.0.